The van der Waals surface area contributed by atoms with Gasteiger partial charge in [-0.15, -0.1) is 0 Å². The first-order chi connectivity index (χ1) is 20.3. The molecule has 0 saturated carbocycles. The molecule has 0 bridgehead atoms. The van der Waals surface area contributed by atoms with Crippen molar-refractivity contribution in [1.29, 1.82) is 0 Å². The first kappa shape index (κ1) is 32.6. The van der Waals surface area contributed by atoms with Crippen LogP contribution >= 0.6 is 0 Å². The number of hydrogen-bond acceptors (Lipinski definition) is 7. The number of nitrogens with zero attached hydrogens (tertiary/aromatic N) is 3. The summed E-state index contributed by atoms with van der Waals surface area (Å²) in [5.41, 5.74) is -2.45. The molecule has 0 fully saturated rings. The highest BCUT2D eigenvalue weighted by molar-refractivity contribution is 7.90. The largest absolute Gasteiger partial charge is 0.481 e. The molecule has 2 aromatic carbocycles. The number of esters is 1. The second kappa shape index (κ2) is 11.7. The molecule has 4 rings (SSSR count). The Labute approximate surface area is 252 Å². The monoisotopic (exact) mass is 631 g/mol. The summed E-state index contributed by atoms with van der Waals surface area (Å²) in [5.74, 6) is -6.27. The second-order valence-electron chi connectivity index (χ2n) is 12.1. The van der Waals surface area contributed by atoms with E-state index >= 15 is 8.78 Å². The molecule has 0 amide bonds. The van der Waals surface area contributed by atoms with Crippen molar-refractivity contribution >= 4 is 32.9 Å². The number of halogens is 3. The number of aromatic nitrogens is 3. The average molecular weight is 632 g/mol. The van der Waals surface area contributed by atoms with Crippen LogP contribution in [-0.4, -0.2) is 45.0 Å². The van der Waals surface area contributed by atoms with Crippen molar-refractivity contribution in [2.24, 2.45) is 11.3 Å². The number of hydrogen-bond donors (Lipinski definition) is 1. The lowest BCUT2D eigenvalue weighted by Gasteiger charge is -2.31. The van der Waals surface area contributed by atoms with Gasteiger partial charge in [-0.3, -0.25) is 9.59 Å². The predicted octanol–water partition coefficient (Wildman–Crippen LogP) is 6.06. The molecule has 1 atom stereocenters. The number of rotatable bonds is 9. The number of aryl methyl sites for hydroxylation is 1. The highest BCUT2D eigenvalue weighted by atomic mass is 32.2. The normalized spacial score (nSPS) is 13.2. The van der Waals surface area contributed by atoms with Gasteiger partial charge in [-0.05, 0) is 72.1 Å². The van der Waals surface area contributed by atoms with Gasteiger partial charge in [-0.2, -0.15) is 0 Å². The van der Waals surface area contributed by atoms with Gasteiger partial charge in [0.2, 0.25) is 0 Å². The van der Waals surface area contributed by atoms with Crippen LogP contribution in [-0.2, 0) is 30.8 Å². The van der Waals surface area contributed by atoms with Crippen LogP contribution < -0.4 is 0 Å². The Morgan fingerprint density at radius 3 is 2.25 bits per heavy atom. The summed E-state index contributed by atoms with van der Waals surface area (Å²) in [7, 11) is -4.39. The van der Waals surface area contributed by atoms with Gasteiger partial charge < -0.3 is 9.84 Å². The number of benzene rings is 2. The van der Waals surface area contributed by atoms with Crippen LogP contribution in [0, 0.1) is 35.7 Å². The molecular formula is C31H32F3N3O6S. The van der Waals surface area contributed by atoms with Crippen molar-refractivity contribution < 1.29 is 41.0 Å². The van der Waals surface area contributed by atoms with E-state index in [1.54, 1.807) is 39.8 Å². The minimum absolute atomic E-state index is 0.114. The summed E-state index contributed by atoms with van der Waals surface area (Å²) in [4.78, 5) is 32.8. The minimum Gasteiger partial charge on any atom is -0.481 e. The van der Waals surface area contributed by atoms with E-state index in [0.717, 1.165) is 24.0 Å². The van der Waals surface area contributed by atoms with Crippen LogP contribution in [0.5, 0.6) is 0 Å². The fourth-order valence-electron chi connectivity index (χ4n) is 4.69. The molecule has 9 nitrogen and oxygen atoms in total. The molecule has 0 aliphatic carbocycles. The van der Waals surface area contributed by atoms with Crippen LogP contribution in [0.4, 0.5) is 13.2 Å². The highest BCUT2D eigenvalue weighted by Gasteiger charge is 2.40. The quantitative estimate of drug-likeness (QED) is 0.221. The van der Waals surface area contributed by atoms with E-state index < -0.39 is 61.9 Å². The van der Waals surface area contributed by atoms with E-state index in [1.165, 1.54) is 26.0 Å². The van der Waals surface area contributed by atoms with Crippen LogP contribution in [0.25, 0.3) is 22.3 Å². The molecule has 1 unspecified atom stereocenters. The number of ether oxygens (including phenoxy) is 1. The molecule has 234 valence electrons. The molecule has 0 aliphatic rings. The number of carbonyl (C=O) groups is 2. The van der Waals surface area contributed by atoms with Crippen molar-refractivity contribution in [3.8, 4) is 11.4 Å². The van der Waals surface area contributed by atoms with Crippen molar-refractivity contribution in [3.05, 3.63) is 77.5 Å². The zero-order chi connectivity index (χ0) is 32.8. The van der Waals surface area contributed by atoms with E-state index in [-0.39, 0.29) is 40.2 Å². The third-order valence-electron chi connectivity index (χ3n) is 7.27. The van der Waals surface area contributed by atoms with Crippen LogP contribution in [0.1, 0.15) is 52.3 Å². The molecule has 4 aromatic rings. The molecule has 2 heterocycles. The number of carboxylic acids is 1. The molecule has 0 spiro atoms. The van der Waals surface area contributed by atoms with Crippen molar-refractivity contribution in [2.75, 3.05) is 0 Å². The van der Waals surface area contributed by atoms with E-state index in [4.69, 9.17) is 4.74 Å². The SMILES string of the molecule is Cc1ccc(S(=O)(=O)n2cc(-c3ncc(F)c(CC(CC(=O)OC(C)(C)C)C(C)(C)C(=O)O)n3)c3cc(F)cc(F)c32)cc1. The fourth-order valence-corrected chi connectivity index (χ4v) is 6.07. The van der Waals surface area contributed by atoms with Gasteiger partial charge in [0.1, 0.15) is 16.9 Å². The molecule has 44 heavy (non-hydrogen) atoms. The summed E-state index contributed by atoms with van der Waals surface area (Å²) in [6, 6.07) is 7.28. The second-order valence-corrected chi connectivity index (χ2v) is 14.0. The number of carboxylic acid groups (broad SMARTS) is 1. The predicted molar refractivity (Wildman–Crippen MR) is 156 cm³/mol. The fraction of sp³-hybridized carbons (Fsp3) is 0.355. The standard InChI is InChI=1S/C31H32F3N3O6S/c1-17-7-9-20(10-8-17)44(41,42)37-16-22(21-13-19(32)14-23(33)27(21)37)28-35-15-24(34)25(36-28)11-18(31(5,6)29(39)40)12-26(38)43-30(2,3)4/h7-10,13-16,18H,11-12H2,1-6H3,(H,39,40). The first-order valence-corrected chi connectivity index (χ1v) is 15.0. The van der Waals surface area contributed by atoms with Gasteiger partial charge in [-0.25, -0.2) is 35.5 Å². The topological polar surface area (TPSA) is 128 Å². The van der Waals surface area contributed by atoms with Gasteiger partial charge in [0.05, 0.1) is 22.2 Å². The molecule has 2 aromatic heterocycles. The third kappa shape index (κ3) is 6.62. The molecule has 0 aliphatic heterocycles. The molecule has 0 radical (unpaired) electrons. The molecular weight excluding hydrogens is 599 g/mol. The van der Waals surface area contributed by atoms with E-state index in [2.05, 4.69) is 9.97 Å². The zero-order valence-corrected chi connectivity index (χ0v) is 25.8. The lowest BCUT2D eigenvalue weighted by atomic mass is 9.74. The maximum absolute atomic E-state index is 15.2. The van der Waals surface area contributed by atoms with E-state index in [1.807, 2.05) is 0 Å². The Balaban J connectivity index is 1.85. The Bertz CT molecular complexity index is 1860. The van der Waals surface area contributed by atoms with Gasteiger partial charge in [0.15, 0.2) is 17.5 Å². The highest BCUT2D eigenvalue weighted by Crippen LogP contribution is 2.36. The zero-order valence-electron chi connectivity index (χ0n) is 25.0. The summed E-state index contributed by atoms with van der Waals surface area (Å²) in [6.07, 6.45) is 1.10. The van der Waals surface area contributed by atoms with Gasteiger partial charge in [0.25, 0.3) is 10.0 Å². The van der Waals surface area contributed by atoms with Crippen LogP contribution in [0.15, 0.2) is 53.7 Å². The lowest BCUT2D eigenvalue weighted by Crippen LogP contribution is -2.37. The average Bonchev–Trinajstić information content (AvgIpc) is 3.29. The Hall–Kier alpha value is -4.26. The summed E-state index contributed by atoms with van der Waals surface area (Å²) >= 11 is 0. The molecule has 1 N–H and O–H groups in total. The summed E-state index contributed by atoms with van der Waals surface area (Å²) < 4.78 is 77.9. The smallest absolute Gasteiger partial charge is 0.309 e. The van der Waals surface area contributed by atoms with E-state index in [9.17, 15) is 27.5 Å². The Morgan fingerprint density at radius 2 is 1.66 bits per heavy atom. The van der Waals surface area contributed by atoms with E-state index in [0.29, 0.717) is 10.0 Å². The Kier molecular flexibility index (Phi) is 8.67. The van der Waals surface area contributed by atoms with Crippen LogP contribution in [0.3, 0.4) is 0 Å². The van der Waals surface area contributed by atoms with Gasteiger partial charge >= 0.3 is 11.9 Å². The third-order valence-corrected chi connectivity index (χ3v) is 8.94. The number of fused-ring (bicyclic) bond motifs is 1. The first-order valence-electron chi connectivity index (χ1n) is 13.6. The summed E-state index contributed by atoms with van der Waals surface area (Å²) in [6.45, 7) is 9.50. The maximum atomic E-state index is 15.2. The molecule has 13 heteroatoms. The lowest BCUT2D eigenvalue weighted by molar-refractivity contribution is -0.159. The maximum Gasteiger partial charge on any atom is 0.309 e. The van der Waals surface area contributed by atoms with Gasteiger partial charge in [-0.1, -0.05) is 17.7 Å². The van der Waals surface area contributed by atoms with Gasteiger partial charge in [0, 0.05) is 29.6 Å². The van der Waals surface area contributed by atoms with Crippen LogP contribution in [0.2, 0.25) is 0 Å². The van der Waals surface area contributed by atoms with Crippen molar-refractivity contribution in [3.63, 3.8) is 0 Å². The Morgan fingerprint density at radius 1 is 1.02 bits per heavy atom. The van der Waals surface area contributed by atoms with Crippen molar-refractivity contribution in [1.82, 2.24) is 13.9 Å². The van der Waals surface area contributed by atoms with Crippen molar-refractivity contribution in [2.45, 2.75) is 64.9 Å². The number of aliphatic carboxylic acids is 1. The number of carbonyl (C=O) groups excluding carboxylic acids is 1. The minimum atomic E-state index is -4.39. The molecule has 0 saturated heterocycles. The summed E-state index contributed by atoms with van der Waals surface area (Å²) in [5, 5.41) is 9.70.